The Bertz CT molecular complexity index is 147. The van der Waals surface area contributed by atoms with Gasteiger partial charge >= 0.3 is 0 Å². The maximum Gasteiger partial charge on any atom is 0.242 e. The van der Waals surface area contributed by atoms with Crippen LogP contribution in [0.15, 0.2) is 0 Å². The van der Waals surface area contributed by atoms with Gasteiger partial charge in [-0.15, -0.1) is 0 Å². The molecule has 3 heteroatoms. The molecule has 1 amide bonds. The first-order chi connectivity index (χ1) is 4.76. The molecule has 0 aliphatic carbocycles. The number of hydrogen-bond donors (Lipinski definition) is 1. The standard InChI is InChI=1S/C8H18N2O/c1-6(2)10(9)7(11)8(3,4)5/h6H,9H2,1-5H3. The SMILES string of the molecule is CC(C)N(N)C(=O)C(C)(C)C. The number of carbonyl (C=O) groups is 1. The first kappa shape index (κ1) is 10.4. The molecule has 0 aromatic heterocycles. The Morgan fingerprint density at radius 3 is 1.82 bits per heavy atom. The maximum atomic E-state index is 11.4. The van der Waals surface area contributed by atoms with Crippen LogP contribution >= 0.6 is 0 Å². The zero-order valence-corrected chi connectivity index (χ0v) is 8.01. The smallest absolute Gasteiger partial charge is 0.242 e. The topological polar surface area (TPSA) is 46.3 Å². The molecule has 0 aliphatic heterocycles. The normalized spacial score (nSPS) is 11.9. The van der Waals surface area contributed by atoms with E-state index in [2.05, 4.69) is 0 Å². The molecule has 0 atom stereocenters. The Hall–Kier alpha value is -0.570. The summed E-state index contributed by atoms with van der Waals surface area (Å²) >= 11 is 0. The summed E-state index contributed by atoms with van der Waals surface area (Å²) in [6, 6.07) is 0.0710. The molecule has 11 heavy (non-hydrogen) atoms. The van der Waals surface area contributed by atoms with E-state index in [0.29, 0.717) is 0 Å². The molecule has 0 aromatic carbocycles. The van der Waals surface area contributed by atoms with Gasteiger partial charge < -0.3 is 0 Å². The number of carbonyl (C=O) groups excluding carboxylic acids is 1. The molecule has 0 saturated carbocycles. The summed E-state index contributed by atoms with van der Waals surface area (Å²) in [6.45, 7) is 9.36. The molecule has 0 unspecified atom stereocenters. The largest absolute Gasteiger partial charge is 0.278 e. The zero-order chi connectivity index (χ0) is 9.23. The average molecular weight is 158 g/mol. The van der Waals surface area contributed by atoms with Gasteiger partial charge in [0.2, 0.25) is 5.91 Å². The highest BCUT2D eigenvalue weighted by Gasteiger charge is 2.26. The van der Waals surface area contributed by atoms with E-state index in [0.717, 1.165) is 0 Å². The lowest BCUT2D eigenvalue weighted by Crippen LogP contribution is -2.48. The van der Waals surface area contributed by atoms with Crippen molar-refractivity contribution in [2.45, 2.75) is 40.7 Å². The Morgan fingerprint density at radius 2 is 1.73 bits per heavy atom. The van der Waals surface area contributed by atoms with Crippen LogP contribution in [0.4, 0.5) is 0 Å². The molecule has 0 spiro atoms. The van der Waals surface area contributed by atoms with Crippen molar-refractivity contribution in [3.63, 3.8) is 0 Å². The van der Waals surface area contributed by atoms with Crippen LogP contribution < -0.4 is 5.84 Å². The van der Waals surface area contributed by atoms with Gasteiger partial charge in [0.1, 0.15) is 0 Å². The summed E-state index contributed by atoms with van der Waals surface area (Å²) in [5, 5.41) is 1.28. The van der Waals surface area contributed by atoms with E-state index in [-0.39, 0.29) is 17.4 Å². The highest BCUT2D eigenvalue weighted by molar-refractivity contribution is 5.81. The summed E-state index contributed by atoms with van der Waals surface area (Å²) in [5.41, 5.74) is -0.376. The molecule has 0 aliphatic rings. The minimum absolute atomic E-state index is 0.0208. The molecule has 0 fully saturated rings. The van der Waals surface area contributed by atoms with Gasteiger partial charge in [-0.3, -0.25) is 9.80 Å². The molecule has 0 rings (SSSR count). The molecule has 0 aromatic rings. The van der Waals surface area contributed by atoms with Gasteiger partial charge in [-0.1, -0.05) is 20.8 Å². The first-order valence-electron chi connectivity index (χ1n) is 3.85. The van der Waals surface area contributed by atoms with Crippen molar-refractivity contribution >= 4 is 5.91 Å². The van der Waals surface area contributed by atoms with Gasteiger partial charge in [-0.05, 0) is 13.8 Å². The minimum atomic E-state index is -0.376. The molecule has 0 saturated heterocycles. The zero-order valence-electron chi connectivity index (χ0n) is 8.01. The number of hydrazine groups is 1. The van der Waals surface area contributed by atoms with Crippen molar-refractivity contribution in [3.8, 4) is 0 Å². The summed E-state index contributed by atoms with van der Waals surface area (Å²) in [5.74, 6) is 5.51. The molecular formula is C8H18N2O. The van der Waals surface area contributed by atoms with Crippen molar-refractivity contribution in [1.82, 2.24) is 5.01 Å². The Labute approximate surface area is 68.5 Å². The van der Waals surface area contributed by atoms with Crippen LogP contribution in [-0.2, 0) is 4.79 Å². The Morgan fingerprint density at radius 1 is 1.36 bits per heavy atom. The van der Waals surface area contributed by atoms with E-state index >= 15 is 0 Å². The van der Waals surface area contributed by atoms with Crippen LogP contribution in [0.2, 0.25) is 0 Å². The average Bonchev–Trinajstić information content (AvgIpc) is 1.82. The number of amides is 1. The van der Waals surface area contributed by atoms with Crippen molar-refractivity contribution in [3.05, 3.63) is 0 Å². The van der Waals surface area contributed by atoms with E-state index in [4.69, 9.17) is 5.84 Å². The van der Waals surface area contributed by atoms with E-state index in [9.17, 15) is 4.79 Å². The van der Waals surface area contributed by atoms with E-state index in [1.54, 1.807) is 0 Å². The van der Waals surface area contributed by atoms with E-state index < -0.39 is 0 Å². The molecular weight excluding hydrogens is 140 g/mol. The van der Waals surface area contributed by atoms with Gasteiger partial charge in [0, 0.05) is 11.5 Å². The maximum absolute atomic E-state index is 11.4. The second kappa shape index (κ2) is 3.22. The van der Waals surface area contributed by atoms with Crippen LogP contribution in [0, 0.1) is 5.41 Å². The number of nitrogens with zero attached hydrogens (tertiary/aromatic N) is 1. The number of rotatable bonds is 1. The van der Waals surface area contributed by atoms with E-state index in [1.807, 2.05) is 34.6 Å². The van der Waals surface area contributed by atoms with Crippen LogP contribution in [0.3, 0.4) is 0 Å². The van der Waals surface area contributed by atoms with Crippen molar-refractivity contribution in [2.75, 3.05) is 0 Å². The molecule has 2 N–H and O–H groups in total. The minimum Gasteiger partial charge on any atom is -0.278 e. The van der Waals surface area contributed by atoms with Crippen LogP contribution in [0.5, 0.6) is 0 Å². The number of nitrogens with two attached hydrogens (primary N) is 1. The van der Waals surface area contributed by atoms with Gasteiger partial charge in [0.15, 0.2) is 0 Å². The van der Waals surface area contributed by atoms with Gasteiger partial charge in [0.05, 0.1) is 0 Å². The molecule has 0 heterocycles. The van der Waals surface area contributed by atoms with Crippen molar-refractivity contribution in [1.29, 1.82) is 0 Å². The highest BCUT2D eigenvalue weighted by atomic mass is 16.2. The fourth-order valence-corrected chi connectivity index (χ4v) is 0.622. The summed E-state index contributed by atoms with van der Waals surface area (Å²) in [4.78, 5) is 11.4. The molecule has 0 radical (unpaired) electrons. The van der Waals surface area contributed by atoms with Gasteiger partial charge in [0.25, 0.3) is 0 Å². The van der Waals surface area contributed by atoms with Gasteiger partial charge in [-0.2, -0.15) is 0 Å². The summed E-state index contributed by atoms with van der Waals surface area (Å²) < 4.78 is 0. The monoisotopic (exact) mass is 158 g/mol. The number of hydrogen-bond acceptors (Lipinski definition) is 2. The van der Waals surface area contributed by atoms with Gasteiger partial charge in [-0.25, -0.2) is 5.84 Å². The predicted octanol–water partition coefficient (Wildman–Crippen LogP) is 1.14. The van der Waals surface area contributed by atoms with Crippen molar-refractivity contribution < 1.29 is 4.79 Å². The lowest BCUT2D eigenvalue weighted by molar-refractivity contribution is -0.141. The molecule has 3 nitrogen and oxygen atoms in total. The Kier molecular flexibility index (Phi) is 3.05. The quantitative estimate of drug-likeness (QED) is 0.353. The van der Waals surface area contributed by atoms with Crippen LogP contribution in [0.25, 0.3) is 0 Å². The van der Waals surface area contributed by atoms with Crippen LogP contribution in [-0.4, -0.2) is 17.0 Å². The lowest BCUT2D eigenvalue weighted by Gasteiger charge is -2.28. The fourth-order valence-electron chi connectivity index (χ4n) is 0.622. The second-order valence-corrected chi connectivity index (χ2v) is 4.06. The second-order valence-electron chi connectivity index (χ2n) is 4.06. The predicted molar refractivity (Wildman–Crippen MR) is 45.6 cm³/mol. The Balaban J connectivity index is 4.26. The van der Waals surface area contributed by atoms with E-state index in [1.165, 1.54) is 5.01 Å². The van der Waals surface area contributed by atoms with Crippen LogP contribution in [0.1, 0.15) is 34.6 Å². The van der Waals surface area contributed by atoms with Crippen molar-refractivity contribution in [2.24, 2.45) is 11.3 Å². The third-order valence-electron chi connectivity index (χ3n) is 1.43. The fraction of sp³-hybridized carbons (Fsp3) is 0.875. The third-order valence-corrected chi connectivity index (χ3v) is 1.43. The third kappa shape index (κ3) is 2.89. The first-order valence-corrected chi connectivity index (χ1v) is 3.85. The summed E-state index contributed by atoms with van der Waals surface area (Å²) in [7, 11) is 0. The molecule has 0 bridgehead atoms. The summed E-state index contributed by atoms with van der Waals surface area (Å²) in [6.07, 6.45) is 0. The highest BCUT2D eigenvalue weighted by Crippen LogP contribution is 2.16. The lowest BCUT2D eigenvalue weighted by atomic mass is 9.95. The molecule has 66 valence electrons.